The molecule has 0 amide bonds. The Bertz CT molecular complexity index is 941. The van der Waals surface area contributed by atoms with Gasteiger partial charge in [0.25, 0.3) is 0 Å². The van der Waals surface area contributed by atoms with Gasteiger partial charge in [-0.1, -0.05) is 31.0 Å². The van der Waals surface area contributed by atoms with Gasteiger partial charge in [0.05, 0.1) is 6.67 Å². The van der Waals surface area contributed by atoms with Crippen molar-refractivity contribution >= 4 is 0 Å². The van der Waals surface area contributed by atoms with Crippen molar-refractivity contribution in [3.8, 4) is 11.5 Å². The van der Waals surface area contributed by atoms with Crippen LogP contribution in [0.2, 0.25) is 0 Å². The number of likely N-dealkylation sites (tertiary alicyclic amines) is 1. The van der Waals surface area contributed by atoms with E-state index in [2.05, 4.69) is 4.90 Å². The molecule has 2 aromatic rings. The molecule has 2 unspecified atom stereocenters. The molecule has 1 aliphatic carbocycles. The van der Waals surface area contributed by atoms with Gasteiger partial charge in [0.2, 0.25) is 0 Å². The Morgan fingerprint density at radius 3 is 2.43 bits per heavy atom. The van der Waals surface area contributed by atoms with Crippen molar-refractivity contribution in [1.82, 2.24) is 4.90 Å². The fraction of sp³-hybridized carbons (Fsp3) is 0.571. The molecule has 1 heterocycles. The summed E-state index contributed by atoms with van der Waals surface area (Å²) in [6.07, 6.45) is -0.822. The Labute approximate surface area is 205 Å². The molecule has 0 aromatic heterocycles. The molecule has 1 saturated heterocycles. The van der Waals surface area contributed by atoms with Crippen LogP contribution in [-0.4, -0.2) is 49.1 Å². The third-order valence-corrected chi connectivity index (χ3v) is 7.40. The van der Waals surface area contributed by atoms with Crippen molar-refractivity contribution < 1.29 is 27.4 Å². The Balaban J connectivity index is 1.46. The molecular formula is C28H35F4NO2. The number of rotatable bonds is 7. The van der Waals surface area contributed by atoms with Gasteiger partial charge in [-0.15, -0.1) is 0 Å². The van der Waals surface area contributed by atoms with Crippen LogP contribution in [0.25, 0.3) is 0 Å². The van der Waals surface area contributed by atoms with E-state index >= 15 is 0 Å². The van der Waals surface area contributed by atoms with Gasteiger partial charge in [0, 0.05) is 37.9 Å². The lowest BCUT2D eigenvalue weighted by Crippen LogP contribution is -2.49. The highest BCUT2D eigenvalue weighted by Gasteiger charge is 2.32. The van der Waals surface area contributed by atoms with E-state index in [1.54, 1.807) is 12.1 Å². The topological polar surface area (TPSA) is 32.7 Å². The van der Waals surface area contributed by atoms with E-state index in [0.29, 0.717) is 25.9 Å². The summed E-state index contributed by atoms with van der Waals surface area (Å²) >= 11 is 0. The molecule has 7 heteroatoms. The van der Waals surface area contributed by atoms with Gasteiger partial charge in [-0.2, -0.15) is 13.2 Å². The normalized spacial score (nSPS) is 22.3. The highest BCUT2D eigenvalue weighted by molar-refractivity contribution is 5.43. The van der Waals surface area contributed by atoms with Crippen LogP contribution in [0.1, 0.15) is 61.1 Å². The molecule has 1 aliphatic heterocycles. The van der Waals surface area contributed by atoms with E-state index in [1.165, 1.54) is 0 Å². The molecule has 1 N–H and O–H groups in total. The molecule has 0 saturated carbocycles. The number of hydrogen-bond donors (Lipinski definition) is 1. The first-order valence-corrected chi connectivity index (χ1v) is 12.7. The van der Waals surface area contributed by atoms with Crippen LogP contribution in [0.5, 0.6) is 11.5 Å². The number of halogens is 4. The van der Waals surface area contributed by atoms with Gasteiger partial charge in [-0.05, 0) is 72.6 Å². The Morgan fingerprint density at radius 2 is 1.71 bits per heavy atom. The highest BCUT2D eigenvalue weighted by Crippen LogP contribution is 2.39. The van der Waals surface area contributed by atoms with Crippen LogP contribution >= 0.6 is 0 Å². The monoisotopic (exact) mass is 493 g/mol. The standard InChI is InChI=1S/C28H35F4NO2/c29-17-21-18-33(19-21)13-14-35-25-9-6-22(7-10-25)26-11-5-20(16-28(30,31)32)3-1-2-4-23-15-24(34)8-12-27(23)26/h6-10,12,15,20-21,26,34H,1-5,11,13-14,16-19H2. The first-order valence-electron chi connectivity index (χ1n) is 12.7. The molecule has 2 atom stereocenters. The molecule has 2 aromatic carbocycles. The van der Waals surface area contributed by atoms with Crippen molar-refractivity contribution in [2.24, 2.45) is 11.8 Å². The minimum atomic E-state index is -4.14. The fourth-order valence-electron chi connectivity index (χ4n) is 5.52. The zero-order chi connectivity index (χ0) is 24.8. The minimum Gasteiger partial charge on any atom is -0.508 e. The Morgan fingerprint density at radius 1 is 0.943 bits per heavy atom. The van der Waals surface area contributed by atoms with Crippen LogP contribution in [0, 0.1) is 11.8 Å². The number of aromatic hydroxyl groups is 1. The maximum Gasteiger partial charge on any atom is 0.389 e. The summed E-state index contributed by atoms with van der Waals surface area (Å²) < 4.78 is 57.9. The Hall–Kier alpha value is -2.28. The minimum absolute atomic E-state index is 0.0350. The quantitative estimate of drug-likeness (QED) is 0.427. The van der Waals surface area contributed by atoms with E-state index in [9.17, 15) is 22.7 Å². The predicted molar refractivity (Wildman–Crippen MR) is 129 cm³/mol. The number of benzene rings is 2. The second kappa shape index (κ2) is 11.6. The first-order chi connectivity index (χ1) is 16.8. The zero-order valence-corrected chi connectivity index (χ0v) is 20.1. The third kappa shape index (κ3) is 7.35. The molecule has 192 valence electrons. The lowest BCUT2D eigenvalue weighted by Gasteiger charge is -2.37. The van der Waals surface area contributed by atoms with E-state index in [-0.39, 0.29) is 30.2 Å². The smallest absolute Gasteiger partial charge is 0.389 e. The Kier molecular flexibility index (Phi) is 8.58. The lowest BCUT2D eigenvalue weighted by molar-refractivity contribution is -0.145. The van der Waals surface area contributed by atoms with Crippen molar-refractivity contribution in [1.29, 1.82) is 0 Å². The zero-order valence-electron chi connectivity index (χ0n) is 20.1. The van der Waals surface area contributed by atoms with Crippen molar-refractivity contribution in [3.63, 3.8) is 0 Å². The summed E-state index contributed by atoms with van der Waals surface area (Å²) in [5.41, 5.74) is 3.21. The average Bonchev–Trinajstić information content (AvgIpc) is 2.79. The van der Waals surface area contributed by atoms with Crippen LogP contribution < -0.4 is 4.74 Å². The van der Waals surface area contributed by atoms with E-state index in [1.807, 2.05) is 30.3 Å². The summed E-state index contributed by atoms with van der Waals surface area (Å²) in [7, 11) is 0. The molecule has 3 nitrogen and oxygen atoms in total. The number of phenolic OH excluding ortho intramolecular Hbond substituents is 1. The second-order valence-electron chi connectivity index (χ2n) is 10.1. The predicted octanol–water partition coefficient (Wildman–Crippen LogP) is 6.88. The molecule has 0 spiro atoms. The van der Waals surface area contributed by atoms with Crippen LogP contribution in [-0.2, 0) is 6.42 Å². The lowest BCUT2D eigenvalue weighted by atomic mass is 9.79. The maximum atomic E-state index is 13.2. The second-order valence-corrected chi connectivity index (χ2v) is 10.1. The molecular weight excluding hydrogens is 458 g/mol. The van der Waals surface area contributed by atoms with Crippen molar-refractivity contribution in [2.45, 2.75) is 57.0 Å². The molecule has 1 fully saturated rings. The molecule has 2 aliphatic rings. The molecule has 0 radical (unpaired) electrons. The summed E-state index contributed by atoms with van der Waals surface area (Å²) in [5, 5.41) is 10.0. The van der Waals surface area contributed by atoms with E-state index < -0.39 is 12.6 Å². The number of phenols is 1. The number of alkyl halides is 4. The summed E-state index contributed by atoms with van der Waals surface area (Å²) in [5.74, 6) is 0.729. The van der Waals surface area contributed by atoms with Crippen LogP contribution in [0.3, 0.4) is 0 Å². The van der Waals surface area contributed by atoms with E-state index in [4.69, 9.17) is 4.74 Å². The number of nitrogens with zero attached hydrogens (tertiary/aromatic N) is 1. The molecule has 4 rings (SSSR count). The third-order valence-electron chi connectivity index (χ3n) is 7.40. The van der Waals surface area contributed by atoms with Crippen molar-refractivity contribution in [2.75, 3.05) is 32.9 Å². The van der Waals surface area contributed by atoms with Crippen LogP contribution in [0.4, 0.5) is 17.6 Å². The van der Waals surface area contributed by atoms with Gasteiger partial charge < -0.3 is 9.84 Å². The van der Waals surface area contributed by atoms with Gasteiger partial charge in [0.1, 0.15) is 18.1 Å². The molecule has 0 bridgehead atoms. The highest BCUT2D eigenvalue weighted by atomic mass is 19.4. The van der Waals surface area contributed by atoms with Crippen LogP contribution in [0.15, 0.2) is 42.5 Å². The van der Waals surface area contributed by atoms with Gasteiger partial charge in [0.15, 0.2) is 0 Å². The number of aryl methyl sites for hydroxylation is 1. The maximum absolute atomic E-state index is 13.2. The summed E-state index contributed by atoms with van der Waals surface area (Å²) in [6, 6.07) is 13.2. The largest absolute Gasteiger partial charge is 0.508 e. The first kappa shape index (κ1) is 25.8. The fourth-order valence-corrected chi connectivity index (χ4v) is 5.52. The number of ether oxygens (including phenoxy) is 1. The van der Waals surface area contributed by atoms with E-state index in [0.717, 1.165) is 61.3 Å². The van der Waals surface area contributed by atoms with Gasteiger partial charge >= 0.3 is 6.18 Å². The SMILES string of the molecule is Oc1ccc2c(c1)CCCCC(CC(F)(F)F)CCC2c1ccc(OCCN2CC(CF)C2)cc1. The average molecular weight is 494 g/mol. The number of fused-ring (bicyclic) bond motifs is 1. The van der Waals surface area contributed by atoms with Gasteiger partial charge in [-0.25, -0.2) is 0 Å². The van der Waals surface area contributed by atoms with Gasteiger partial charge in [-0.3, -0.25) is 9.29 Å². The summed E-state index contributed by atoms with van der Waals surface area (Å²) in [6.45, 7) is 2.59. The number of hydrogen-bond acceptors (Lipinski definition) is 3. The van der Waals surface area contributed by atoms with Crippen molar-refractivity contribution in [3.05, 3.63) is 59.2 Å². The molecule has 35 heavy (non-hydrogen) atoms. The summed E-state index contributed by atoms with van der Waals surface area (Å²) in [4.78, 5) is 2.17.